The van der Waals surface area contributed by atoms with Gasteiger partial charge in [-0.05, 0) is 52.4 Å². The molecule has 7 heteroatoms. The summed E-state index contributed by atoms with van der Waals surface area (Å²) in [5.41, 5.74) is 2.12. The Bertz CT molecular complexity index is 858. The van der Waals surface area contributed by atoms with E-state index in [4.69, 9.17) is 17.0 Å². The molecule has 20 heavy (non-hydrogen) atoms. The highest BCUT2D eigenvalue weighted by molar-refractivity contribution is 9.10. The maximum Gasteiger partial charge on any atom is 0.215 e. The minimum absolute atomic E-state index is 0.322. The molecule has 0 bridgehead atoms. The van der Waals surface area contributed by atoms with Crippen LogP contribution < -0.4 is 4.74 Å². The molecule has 0 aliphatic heterocycles. The standard InChI is InChI=1S/C13H9BrFN3OS/c1-19-11-5-3-9-12(17-11)18(13(20)16-9)10-4-2-7(15)6-8(10)14/h2-6H,1H3,(H,16,20). The number of H-pyrrole nitrogens is 1. The summed E-state index contributed by atoms with van der Waals surface area (Å²) in [5.74, 6) is 0.163. The van der Waals surface area contributed by atoms with Crippen LogP contribution in [-0.4, -0.2) is 21.6 Å². The van der Waals surface area contributed by atoms with Gasteiger partial charge in [-0.15, -0.1) is 0 Å². The summed E-state index contributed by atoms with van der Waals surface area (Å²) in [4.78, 5) is 7.45. The third-order valence-corrected chi connectivity index (χ3v) is 3.79. The first-order chi connectivity index (χ1) is 9.60. The number of fused-ring (bicyclic) bond motifs is 1. The summed E-state index contributed by atoms with van der Waals surface area (Å²) < 4.78 is 21.2. The maximum atomic E-state index is 13.2. The van der Waals surface area contributed by atoms with Gasteiger partial charge in [0.2, 0.25) is 5.88 Å². The van der Waals surface area contributed by atoms with Crippen molar-refractivity contribution < 1.29 is 9.13 Å². The molecule has 2 heterocycles. The van der Waals surface area contributed by atoms with Crippen LogP contribution >= 0.6 is 28.1 Å². The number of halogens is 2. The lowest BCUT2D eigenvalue weighted by Gasteiger charge is -2.07. The minimum Gasteiger partial charge on any atom is -0.481 e. The van der Waals surface area contributed by atoms with E-state index in [0.29, 0.717) is 26.5 Å². The molecule has 3 aromatic rings. The molecule has 0 amide bonds. The van der Waals surface area contributed by atoms with Gasteiger partial charge in [-0.3, -0.25) is 4.57 Å². The summed E-state index contributed by atoms with van der Waals surface area (Å²) in [6.45, 7) is 0. The van der Waals surface area contributed by atoms with E-state index in [1.807, 2.05) is 6.07 Å². The van der Waals surface area contributed by atoms with Crippen molar-refractivity contribution in [1.29, 1.82) is 0 Å². The Morgan fingerprint density at radius 1 is 1.35 bits per heavy atom. The van der Waals surface area contributed by atoms with E-state index in [-0.39, 0.29) is 5.82 Å². The summed E-state index contributed by atoms with van der Waals surface area (Å²) in [6.07, 6.45) is 0. The van der Waals surface area contributed by atoms with Crippen molar-refractivity contribution in [2.45, 2.75) is 0 Å². The fourth-order valence-electron chi connectivity index (χ4n) is 1.97. The molecule has 3 rings (SSSR count). The van der Waals surface area contributed by atoms with Crippen LogP contribution in [0.1, 0.15) is 0 Å². The largest absolute Gasteiger partial charge is 0.481 e. The number of nitrogens with zero attached hydrogens (tertiary/aromatic N) is 2. The zero-order valence-corrected chi connectivity index (χ0v) is 12.8. The Labute approximate surface area is 127 Å². The lowest BCUT2D eigenvalue weighted by molar-refractivity contribution is 0.399. The number of benzene rings is 1. The van der Waals surface area contributed by atoms with E-state index >= 15 is 0 Å². The van der Waals surface area contributed by atoms with Crippen molar-refractivity contribution in [3.05, 3.63) is 45.4 Å². The number of aromatic nitrogens is 3. The van der Waals surface area contributed by atoms with E-state index in [9.17, 15) is 4.39 Å². The molecule has 0 aliphatic rings. The highest BCUT2D eigenvalue weighted by Gasteiger charge is 2.12. The summed E-state index contributed by atoms with van der Waals surface area (Å²) in [6, 6.07) is 7.99. The monoisotopic (exact) mass is 353 g/mol. The van der Waals surface area contributed by atoms with Crippen molar-refractivity contribution in [3.63, 3.8) is 0 Å². The zero-order valence-electron chi connectivity index (χ0n) is 10.4. The molecule has 102 valence electrons. The average molecular weight is 354 g/mol. The number of aromatic amines is 1. The fraction of sp³-hybridized carbons (Fsp3) is 0.0769. The summed E-state index contributed by atoms with van der Waals surface area (Å²) in [7, 11) is 1.55. The van der Waals surface area contributed by atoms with E-state index in [1.165, 1.54) is 12.1 Å². The predicted molar refractivity (Wildman–Crippen MR) is 80.5 cm³/mol. The molecule has 1 N–H and O–H groups in total. The van der Waals surface area contributed by atoms with Crippen LogP contribution in [0.2, 0.25) is 0 Å². The van der Waals surface area contributed by atoms with Crippen LogP contribution in [0.3, 0.4) is 0 Å². The molecule has 0 saturated heterocycles. The minimum atomic E-state index is -0.322. The van der Waals surface area contributed by atoms with Gasteiger partial charge in [0.05, 0.1) is 18.3 Å². The molecule has 4 nitrogen and oxygen atoms in total. The molecule has 2 aromatic heterocycles. The number of imidazole rings is 1. The summed E-state index contributed by atoms with van der Waals surface area (Å²) >= 11 is 8.66. The van der Waals surface area contributed by atoms with E-state index in [1.54, 1.807) is 23.8 Å². The Morgan fingerprint density at radius 2 is 2.15 bits per heavy atom. The van der Waals surface area contributed by atoms with Gasteiger partial charge in [0.15, 0.2) is 10.4 Å². The van der Waals surface area contributed by atoms with Crippen LogP contribution in [0.4, 0.5) is 4.39 Å². The van der Waals surface area contributed by atoms with Crippen LogP contribution in [0.15, 0.2) is 34.8 Å². The SMILES string of the molecule is COc1ccc2[nH]c(=S)n(-c3ccc(F)cc3Br)c2n1. The lowest BCUT2D eigenvalue weighted by atomic mass is 10.3. The number of nitrogens with one attached hydrogen (secondary N) is 1. The molecule has 0 unspecified atom stereocenters. The maximum absolute atomic E-state index is 13.2. The van der Waals surface area contributed by atoms with E-state index in [2.05, 4.69) is 25.9 Å². The molecular formula is C13H9BrFN3OS. The smallest absolute Gasteiger partial charge is 0.215 e. The zero-order chi connectivity index (χ0) is 14.3. The molecule has 0 radical (unpaired) electrons. The van der Waals surface area contributed by atoms with Gasteiger partial charge in [0, 0.05) is 10.5 Å². The van der Waals surface area contributed by atoms with Crippen LogP contribution in [0.25, 0.3) is 16.9 Å². The molecule has 1 aromatic carbocycles. The molecule has 0 fully saturated rings. The van der Waals surface area contributed by atoms with E-state index in [0.717, 1.165) is 5.52 Å². The molecule has 0 saturated carbocycles. The number of pyridine rings is 1. The van der Waals surface area contributed by atoms with Crippen molar-refractivity contribution >= 4 is 39.3 Å². The average Bonchev–Trinajstić information content (AvgIpc) is 2.74. The van der Waals surface area contributed by atoms with E-state index < -0.39 is 0 Å². The van der Waals surface area contributed by atoms with Gasteiger partial charge in [0.1, 0.15) is 5.82 Å². The first kappa shape index (κ1) is 13.3. The fourth-order valence-corrected chi connectivity index (χ4v) is 2.79. The Balaban J connectivity index is 2.34. The quantitative estimate of drug-likeness (QED) is 0.708. The Kier molecular flexibility index (Phi) is 3.31. The number of rotatable bonds is 2. The highest BCUT2D eigenvalue weighted by Crippen LogP contribution is 2.26. The number of hydrogen-bond donors (Lipinski definition) is 1. The summed E-state index contributed by atoms with van der Waals surface area (Å²) in [5, 5.41) is 0. The molecular weight excluding hydrogens is 345 g/mol. The van der Waals surface area contributed by atoms with Gasteiger partial charge >= 0.3 is 0 Å². The Morgan fingerprint density at radius 3 is 2.85 bits per heavy atom. The predicted octanol–water partition coefficient (Wildman–Crippen LogP) is 3.99. The van der Waals surface area contributed by atoms with Crippen molar-refractivity contribution in [3.8, 4) is 11.6 Å². The second kappa shape index (κ2) is 4.99. The second-order valence-electron chi connectivity index (χ2n) is 4.09. The molecule has 0 aliphatic carbocycles. The van der Waals surface area contributed by atoms with Gasteiger partial charge < -0.3 is 9.72 Å². The Hall–Kier alpha value is -1.73. The lowest BCUT2D eigenvalue weighted by Crippen LogP contribution is -1.98. The van der Waals surface area contributed by atoms with Crippen molar-refractivity contribution in [2.24, 2.45) is 0 Å². The van der Waals surface area contributed by atoms with Crippen LogP contribution in [-0.2, 0) is 0 Å². The number of ether oxygens (including phenoxy) is 1. The highest BCUT2D eigenvalue weighted by atomic mass is 79.9. The number of methoxy groups -OCH3 is 1. The topological polar surface area (TPSA) is 42.8 Å². The van der Waals surface area contributed by atoms with Crippen molar-refractivity contribution in [1.82, 2.24) is 14.5 Å². The van der Waals surface area contributed by atoms with Gasteiger partial charge in [-0.1, -0.05) is 0 Å². The van der Waals surface area contributed by atoms with Gasteiger partial charge in [0.25, 0.3) is 0 Å². The first-order valence-electron chi connectivity index (χ1n) is 5.71. The first-order valence-corrected chi connectivity index (χ1v) is 6.91. The number of hydrogen-bond acceptors (Lipinski definition) is 3. The third-order valence-electron chi connectivity index (χ3n) is 2.87. The van der Waals surface area contributed by atoms with Gasteiger partial charge in [-0.25, -0.2) is 4.39 Å². The molecule has 0 atom stereocenters. The normalized spacial score (nSPS) is 10.9. The van der Waals surface area contributed by atoms with Crippen LogP contribution in [0, 0.1) is 10.6 Å². The third kappa shape index (κ3) is 2.12. The molecule has 0 spiro atoms. The van der Waals surface area contributed by atoms with Gasteiger partial charge in [-0.2, -0.15) is 4.98 Å². The van der Waals surface area contributed by atoms with Crippen molar-refractivity contribution in [2.75, 3.05) is 7.11 Å². The van der Waals surface area contributed by atoms with Crippen LogP contribution in [0.5, 0.6) is 5.88 Å². The second-order valence-corrected chi connectivity index (χ2v) is 5.33.